The van der Waals surface area contributed by atoms with Crippen LogP contribution in [0.15, 0.2) is 24.3 Å². The molecule has 1 aliphatic heterocycles. The van der Waals surface area contributed by atoms with Gasteiger partial charge in [-0.05, 0) is 37.3 Å². The van der Waals surface area contributed by atoms with Gasteiger partial charge in [0.2, 0.25) is 5.91 Å². The molecule has 1 aromatic rings. The normalized spacial score (nSPS) is 21.2. The fourth-order valence-electron chi connectivity index (χ4n) is 3.45. The number of carbonyl (C=O) groups is 1. The smallest absolute Gasteiger partial charge is 0.228 e. The number of hydrogen-bond donors (Lipinski definition) is 1. The van der Waals surface area contributed by atoms with Crippen molar-refractivity contribution in [3.05, 3.63) is 29.8 Å². The summed E-state index contributed by atoms with van der Waals surface area (Å²) in [6.45, 7) is 0.839. The summed E-state index contributed by atoms with van der Waals surface area (Å²) < 4.78 is 0. The summed E-state index contributed by atoms with van der Waals surface area (Å²) >= 11 is 0. The number of para-hydroxylation sites is 1. The maximum absolute atomic E-state index is 12.6. The fourth-order valence-corrected chi connectivity index (χ4v) is 3.45. The van der Waals surface area contributed by atoms with Gasteiger partial charge in [-0.15, -0.1) is 0 Å². The van der Waals surface area contributed by atoms with Gasteiger partial charge in [-0.2, -0.15) is 0 Å². The first-order chi connectivity index (χ1) is 9.18. The molecule has 0 unspecified atom stereocenters. The Bertz CT molecular complexity index is 477. The maximum atomic E-state index is 12.6. The fraction of sp³-hybridized carbons (Fsp3) is 0.562. The van der Waals surface area contributed by atoms with Gasteiger partial charge < -0.3 is 10.6 Å². The Morgan fingerprint density at radius 3 is 2.74 bits per heavy atom. The van der Waals surface area contributed by atoms with E-state index >= 15 is 0 Å². The predicted molar refractivity (Wildman–Crippen MR) is 77.1 cm³/mol. The number of amides is 1. The summed E-state index contributed by atoms with van der Waals surface area (Å²) in [5.74, 6) is 0.205. The Balaban J connectivity index is 1.78. The van der Waals surface area contributed by atoms with Crippen molar-refractivity contribution < 1.29 is 4.79 Å². The predicted octanol–water partition coefficient (Wildman–Crippen LogP) is 2.63. The molecular formula is C16H22N2O. The number of benzene rings is 1. The largest absolute Gasteiger partial charge is 0.325 e. The second-order valence-electron chi connectivity index (χ2n) is 6.02. The van der Waals surface area contributed by atoms with Gasteiger partial charge in [0.25, 0.3) is 0 Å². The highest BCUT2D eigenvalue weighted by molar-refractivity contribution is 5.95. The van der Waals surface area contributed by atoms with Crippen LogP contribution >= 0.6 is 0 Å². The molecule has 1 amide bonds. The molecule has 2 N–H and O–H groups in total. The molecule has 0 spiro atoms. The van der Waals surface area contributed by atoms with Crippen molar-refractivity contribution in [1.82, 2.24) is 0 Å². The van der Waals surface area contributed by atoms with Gasteiger partial charge in [-0.3, -0.25) is 4.79 Å². The van der Waals surface area contributed by atoms with Crippen LogP contribution in [0.5, 0.6) is 0 Å². The molecule has 102 valence electrons. The average Bonchev–Trinajstić information content (AvgIpc) is 2.84. The first-order valence-electron chi connectivity index (χ1n) is 7.35. The van der Waals surface area contributed by atoms with E-state index in [0.29, 0.717) is 6.42 Å². The maximum Gasteiger partial charge on any atom is 0.228 e. The van der Waals surface area contributed by atoms with Crippen molar-refractivity contribution in [3.8, 4) is 0 Å². The third-order valence-electron chi connectivity index (χ3n) is 4.51. The Labute approximate surface area is 114 Å². The zero-order valence-electron chi connectivity index (χ0n) is 11.4. The lowest BCUT2D eigenvalue weighted by Crippen LogP contribution is -2.45. The minimum Gasteiger partial charge on any atom is -0.325 e. The Hall–Kier alpha value is -1.35. The average molecular weight is 258 g/mol. The van der Waals surface area contributed by atoms with Crippen molar-refractivity contribution in [2.45, 2.75) is 50.5 Å². The van der Waals surface area contributed by atoms with Crippen LogP contribution in [0, 0.1) is 0 Å². The monoisotopic (exact) mass is 258 g/mol. The molecule has 1 fully saturated rings. The number of hydrogen-bond acceptors (Lipinski definition) is 2. The second kappa shape index (κ2) is 4.97. The van der Waals surface area contributed by atoms with Crippen molar-refractivity contribution in [3.63, 3.8) is 0 Å². The van der Waals surface area contributed by atoms with Crippen LogP contribution in [-0.2, 0) is 11.2 Å². The summed E-state index contributed by atoms with van der Waals surface area (Å²) in [5, 5.41) is 0. The summed E-state index contributed by atoms with van der Waals surface area (Å²) in [4.78, 5) is 14.5. The van der Waals surface area contributed by atoms with Crippen LogP contribution in [0.4, 0.5) is 5.69 Å². The van der Waals surface area contributed by atoms with Gasteiger partial charge in [0.15, 0.2) is 0 Å². The first kappa shape index (κ1) is 12.7. The molecule has 1 heterocycles. The highest BCUT2D eigenvalue weighted by atomic mass is 16.2. The number of nitrogens with zero attached hydrogens (tertiary/aromatic N) is 1. The molecule has 3 heteroatoms. The highest BCUT2D eigenvalue weighted by Crippen LogP contribution is 2.33. The van der Waals surface area contributed by atoms with E-state index in [0.717, 1.165) is 37.9 Å². The van der Waals surface area contributed by atoms with Gasteiger partial charge in [-0.25, -0.2) is 0 Å². The second-order valence-corrected chi connectivity index (χ2v) is 6.02. The van der Waals surface area contributed by atoms with Crippen molar-refractivity contribution >= 4 is 11.6 Å². The number of rotatable bonds is 2. The molecule has 3 nitrogen and oxygen atoms in total. The van der Waals surface area contributed by atoms with Gasteiger partial charge in [0.1, 0.15) is 0 Å². The Morgan fingerprint density at radius 1 is 1.21 bits per heavy atom. The zero-order valence-corrected chi connectivity index (χ0v) is 11.4. The minimum atomic E-state index is -0.247. The topological polar surface area (TPSA) is 46.3 Å². The van der Waals surface area contributed by atoms with Gasteiger partial charge in [0, 0.05) is 24.2 Å². The van der Waals surface area contributed by atoms with Crippen molar-refractivity contribution in [2.24, 2.45) is 5.73 Å². The number of aryl methyl sites for hydroxylation is 1. The Morgan fingerprint density at radius 2 is 1.95 bits per heavy atom. The molecule has 1 aliphatic carbocycles. The van der Waals surface area contributed by atoms with Crippen LogP contribution in [0.3, 0.4) is 0 Å². The van der Waals surface area contributed by atoms with Crippen LogP contribution in [0.1, 0.15) is 44.1 Å². The molecular weight excluding hydrogens is 236 g/mol. The lowest BCUT2D eigenvalue weighted by Gasteiger charge is -2.32. The lowest BCUT2D eigenvalue weighted by molar-refractivity contribution is -0.119. The summed E-state index contributed by atoms with van der Waals surface area (Å²) in [6, 6.07) is 8.25. The van der Waals surface area contributed by atoms with Gasteiger partial charge in [-0.1, -0.05) is 31.0 Å². The third-order valence-corrected chi connectivity index (χ3v) is 4.51. The molecule has 1 saturated carbocycles. The highest BCUT2D eigenvalue weighted by Gasteiger charge is 2.34. The molecule has 0 bridgehead atoms. The molecule has 0 saturated heterocycles. The molecule has 0 atom stereocenters. The molecule has 3 rings (SSSR count). The van der Waals surface area contributed by atoms with Gasteiger partial charge >= 0.3 is 0 Å². The van der Waals surface area contributed by atoms with Crippen molar-refractivity contribution in [1.29, 1.82) is 0 Å². The van der Waals surface area contributed by atoms with E-state index in [-0.39, 0.29) is 11.4 Å². The molecule has 2 aliphatic rings. The quantitative estimate of drug-likeness (QED) is 0.886. The van der Waals surface area contributed by atoms with Crippen LogP contribution in [-0.4, -0.2) is 18.0 Å². The summed E-state index contributed by atoms with van der Waals surface area (Å²) in [6.07, 6.45) is 6.96. The van der Waals surface area contributed by atoms with Crippen molar-refractivity contribution in [2.75, 3.05) is 11.4 Å². The van der Waals surface area contributed by atoms with E-state index in [2.05, 4.69) is 12.1 Å². The van der Waals surface area contributed by atoms with E-state index in [9.17, 15) is 4.79 Å². The Kier molecular flexibility index (Phi) is 3.31. The van der Waals surface area contributed by atoms with Gasteiger partial charge in [0.05, 0.1) is 0 Å². The molecule has 0 radical (unpaired) electrons. The van der Waals surface area contributed by atoms with Crippen LogP contribution in [0.2, 0.25) is 0 Å². The lowest BCUT2D eigenvalue weighted by atomic mass is 9.93. The van der Waals surface area contributed by atoms with E-state index < -0.39 is 0 Å². The molecule has 0 aromatic heterocycles. The zero-order chi connectivity index (χ0) is 13.3. The minimum absolute atomic E-state index is 0.205. The van der Waals surface area contributed by atoms with E-state index in [1.54, 1.807) is 0 Å². The molecule has 19 heavy (non-hydrogen) atoms. The van der Waals surface area contributed by atoms with Crippen LogP contribution < -0.4 is 10.6 Å². The number of anilines is 1. The van der Waals surface area contributed by atoms with E-state index in [4.69, 9.17) is 5.73 Å². The third kappa shape index (κ3) is 2.52. The van der Waals surface area contributed by atoms with E-state index in [1.165, 1.54) is 18.4 Å². The van der Waals surface area contributed by atoms with E-state index in [1.807, 2.05) is 17.0 Å². The SMILES string of the molecule is NC1(CC(=O)N2CCCc3ccccc32)CCCC1. The summed E-state index contributed by atoms with van der Waals surface area (Å²) in [5.41, 5.74) is 8.48. The number of fused-ring (bicyclic) bond motifs is 1. The van der Waals surface area contributed by atoms with Crippen LogP contribution in [0.25, 0.3) is 0 Å². The standard InChI is InChI=1S/C16H22N2O/c17-16(9-3-4-10-16)12-15(19)18-11-5-7-13-6-1-2-8-14(13)18/h1-2,6,8H,3-5,7,9-12,17H2. The molecule has 1 aromatic carbocycles. The number of nitrogens with two attached hydrogens (primary N) is 1. The first-order valence-corrected chi connectivity index (χ1v) is 7.35. The summed E-state index contributed by atoms with van der Waals surface area (Å²) in [7, 11) is 0. The number of carbonyl (C=O) groups excluding carboxylic acids is 1.